The number of hydrogen-bond donors (Lipinski definition) is 1. The summed E-state index contributed by atoms with van der Waals surface area (Å²) in [5.74, 6) is 0.464. The van der Waals surface area contributed by atoms with Crippen LogP contribution in [-0.4, -0.2) is 36.6 Å². The summed E-state index contributed by atoms with van der Waals surface area (Å²) in [6.45, 7) is 6.62. The lowest BCUT2D eigenvalue weighted by Crippen LogP contribution is -2.36. The third kappa shape index (κ3) is 5.85. The number of carbonyl (C=O) groups is 1. The van der Waals surface area contributed by atoms with Gasteiger partial charge in [-0.15, -0.1) is 0 Å². The van der Waals surface area contributed by atoms with Crippen LogP contribution in [0.2, 0.25) is 0 Å². The normalized spacial score (nSPS) is 22.6. The number of anilines is 1. The second kappa shape index (κ2) is 10.5. The molecule has 0 unspecified atom stereocenters. The summed E-state index contributed by atoms with van der Waals surface area (Å²) in [6, 6.07) is 8.78. The second-order valence-electron chi connectivity index (χ2n) is 9.94. The van der Waals surface area contributed by atoms with Crippen LogP contribution in [0.3, 0.4) is 0 Å². The Balaban J connectivity index is 1.49. The van der Waals surface area contributed by atoms with E-state index in [-0.39, 0.29) is 29.0 Å². The first-order chi connectivity index (χ1) is 16.2. The van der Waals surface area contributed by atoms with Crippen LogP contribution in [0.15, 0.2) is 30.3 Å². The maximum absolute atomic E-state index is 14.1. The highest BCUT2D eigenvalue weighted by atomic mass is 19.4. The number of nitrogens with zero attached hydrogens (tertiary/aromatic N) is 1. The molecular formula is C27H35F3N2O2. The van der Waals surface area contributed by atoms with Crippen LogP contribution in [0.5, 0.6) is 0 Å². The van der Waals surface area contributed by atoms with Gasteiger partial charge in [-0.2, -0.15) is 13.2 Å². The Labute approximate surface area is 199 Å². The molecule has 1 saturated heterocycles. The number of alkyl halides is 3. The monoisotopic (exact) mass is 476 g/mol. The van der Waals surface area contributed by atoms with E-state index in [1.54, 1.807) is 24.3 Å². The lowest BCUT2D eigenvalue weighted by atomic mass is 9.87. The first-order valence-electron chi connectivity index (χ1n) is 12.5. The fourth-order valence-electron chi connectivity index (χ4n) is 5.37. The Morgan fingerprint density at radius 3 is 2.41 bits per heavy atom. The van der Waals surface area contributed by atoms with Gasteiger partial charge in [0.15, 0.2) is 0 Å². The third-order valence-electron chi connectivity index (χ3n) is 7.36. The van der Waals surface area contributed by atoms with Crippen molar-refractivity contribution in [3.05, 3.63) is 41.5 Å². The average Bonchev–Trinajstić information content (AvgIpc) is 2.80. The van der Waals surface area contributed by atoms with E-state index >= 15 is 0 Å². The standard InChI is InChI=1S/C27H35F3N2O2/c1-3-34-26(33)20-12-14-32(15-13-20)17-19-6-10-23-21(16-19)7-11-24(25(23)27(28,29)30)31-22-8-4-18(2)5-9-22/h6-7,10-11,16,18,20,22,31H,3-5,8-9,12-15,17H2,1-2H3. The Bertz CT molecular complexity index is 991. The number of likely N-dealkylation sites (tertiary alicyclic amines) is 1. The van der Waals surface area contributed by atoms with Gasteiger partial charge in [0, 0.05) is 18.3 Å². The number of nitrogens with one attached hydrogen (secondary N) is 1. The van der Waals surface area contributed by atoms with Gasteiger partial charge in [-0.3, -0.25) is 9.69 Å². The first-order valence-corrected chi connectivity index (χ1v) is 12.5. The van der Waals surface area contributed by atoms with Crippen molar-refractivity contribution in [1.82, 2.24) is 4.90 Å². The first kappa shape index (κ1) is 24.8. The van der Waals surface area contributed by atoms with Crippen LogP contribution in [-0.2, 0) is 22.3 Å². The highest BCUT2D eigenvalue weighted by molar-refractivity contribution is 5.91. The molecule has 2 fully saturated rings. The molecule has 34 heavy (non-hydrogen) atoms. The smallest absolute Gasteiger partial charge is 0.418 e. The molecule has 4 nitrogen and oxygen atoms in total. The minimum absolute atomic E-state index is 0.0551. The molecule has 0 bridgehead atoms. The molecule has 1 N–H and O–H groups in total. The number of halogens is 3. The topological polar surface area (TPSA) is 41.6 Å². The predicted molar refractivity (Wildman–Crippen MR) is 129 cm³/mol. The number of fused-ring (bicyclic) bond motifs is 1. The van der Waals surface area contributed by atoms with E-state index in [9.17, 15) is 18.0 Å². The summed E-state index contributed by atoms with van der Waals surface area (Å²) in [6.07, 6.45) is 0.976. The van der Waals surface area contributed by atoms with E-state index in [2.05, 4.69) is 17.1 Å². The van der Waals surface area contributed by atoms with Gasteiger partial charge in [-0.25, -0.2) is 0 Å². The lowest BCUT2D eigenvalue weighted by molar-refractivity contribution is -0.149. The number of hydrogen-bond acceptors (Lipinski definition) is 4. The van der Waals surface area contributed by atoms with Gasteiger partial charge in [-0.05, 0) is 92.9 Å². The highest BCUT2D eigenvalue weighted by Crippen LogP contribution is 2.41. The summed E-state index contributed by atoms with van der Waals surface area (Å²) < 4.78 is 47.5. The van der Waals surface area contributed by atoms with Crippen molar-refractivity contribution in [3.8, 4) is 0 Å². The van der Waals surface area contributed by atoms with Crippen LogP contribution >= 0.6 is 0 Å². The fraction of sp³-hybridized carbons (Fsp3) is 0.593. The Morgan fingerprint density at radius 1 is 1.06 bits per heavy atom. The van der Waals surface area contributed by atoms with Crippen LogP contribution in [0.25, 0.3) is 10.8 Å². The van der Waals surface area contributed by atoms with Gasteiger partial charge < -0.3 is 10.1 Å². The highest BCUT2D eigenvalue weighted by Gasteiger charge is 2.36. The summed E-state index contributed by atoms with van der Waals surface area (Å²) in [5.41, 5.74) is 0.607. The van der Waals surface area contributed by atoms with E-state index < -0.39 is 11.7 Å². The minimum atomic E-state index is -4.43. The molecule has 1 heterocycles. The molecule has 0 aromatic heterocycles. The Hall–Kier alpha value is -2.28. The predicted octanol–water partition coefficient (Wildman–Crippen LogP) is 6.62. The fourth-order valence-corrected chi connectivity index (χ4v) is 5.37. The van der Waals surface area contributed by atoms with E-state index in [1.807, 2.05) is 13.0 Å². The zero-order valence-corrected chi connectivity index (χ0v) is 20.1. The molecule has 2 aliphatic rings. The summed E-state index contributed by atoms with van der Waals surface area (Å²) >= 11 is 0. The second-order valence-corrected chi connectivity index (χ2v) is 9.94. The number of ether oxygens (including phenoxy) is 1. The van der Waals surface area contributed by atoms with Crippen molar-refractivity contribution < 1.29 is 22.7 Å². The average molecular weight is 477 g/mol. The zero-order valence-electron chi connectivity index (χ0n) is 20.1. The molecule has 1 aliphatic heterocycles. The Morgan fingerprint density at radius 2 is 1.76 bits per heavy atom. The number of rotatable bonds is 6. The van der Waals surface area contributed by atoms with Crippen molar-refractivity contribution in [1.29, 1.82) is 0 Å². The van der Waals surface area contributed by atoms with Gasteiger partial charge in [0.05, 0.1) is 18.1 Å². The van der Waals surface area contributed by atoms with Crippen molar-refractivity contribution >= 4 is 22.4 Å². The molecule has 0 spiro atoms. The summed E-state index contributed by atoms with van der Waals surface area (Å²) in [4.78, 5) is 14.2. The van der Waals surface area contributed by atoms with Crippen LogP contribution < -0.4 is 5.32 Å². The maximum atomic E-state index is 14.1. The van der Waals surface area contributed by atoms with Crippen molar-refractivity contribution in [2.75, 3.05) is 25.0 Å². The van der Waals surface area contributed by atoms with E-state index in [4.69, 9.17) is 4.74 Å². The molecule has 0 radical (unpaired) electrons. The lowest BCUT2D eigenvalue weighted by Gasteiger charge is -2.31. The van der Waals surface area contributed by atoms with E-state index in [0.717, 1.165) is 57.2 Å². The maximum Gasteiger partial charge on any atom is 0.418 e. The molecule has 1 saturated carbocycles. The molecule has 2 aromatic carbocycles. The number of esters is 1. The summed E-state index contributed by atoms with van der Waals surface area (Å²) in [7, 11) is 0. The van der Waals surface area contributed by atoms with Gasteiger partial charge in [0.1, 0.15) is 0 Å². The van der Waals surface area contributed by atoms with Crippen LogP contribution in [0.1, 0.15) is 63.5 Å². The molecule has 7 heteroatoms. The van der Waals surface area contributed by atoms with Gasteiger partial charge in [-0.1, -0.05) is 25.1 Å². The van der Waals surface area contributed by atoms with Gasteiger partial charge >= 0.3 is 12.1 Å². The molecule has 1 aliphatic carbocycles. The molecule has 186 valence electrons. The number of piperidine rings is 1. The third-order valence-corrected chi connectivity index (χ3v) is 7.36. The minimum Gasteiger partial charge on any atom is -0.466 e. The zero-order chi connectivity index (χ0) is 24.3. The van der Waals surface area contributed by atoms with E-state index in [0.29, 0.717) is 24.5 Å². The van der Waals surface area contributed by atoms with Crippen molar-refractivity contribution in [2.24, 2.45) is 11.8 Å². The quantitative estimate of drug-likeness (QED) is 0.476. The van der Waals surface area contributed by atoms with Crippen LogP contribution in [0, 0.1) is 11.8 Å². The molecule has 0 amide bonds. The molecule has 2 aromatic rings. The van der Waals surface area contributed by atoms with Crippen LogP contribution in [0.4, 0.5) is 18.9 Å². The number of carbonyl (C=O) groups excluding carboxylic acids is 1. The summed E-state index contributed by atoms with van der Waals surface area (Å²) in [5, 5.41) is 4.05. The molecule has 0 atom stereocenters. The van der Waals surface area contributed by atoms with Gasteiger partial charge in [0.2, 0.25) is 0 Å². The SMILES string of the molecule is CCOC(=O)C1CCN(Cc2ccc3c(C(F)(F)F)c(NC4CCC(C)CC4)ccc3c2)CC1. The molecule has 4 rings (SSSR count). The largest absolute Gasteiger partial charge is 0.466 e. The number of benzene rings is 2. The van der Waals surface area contributed by atoms with Crippen molar-refractivity contribution in [3.63, 3.8) is 0 Å². The van der Waals surface area contributed by atoms with E-state index in [1.165, 1.54) is 0 Å². The molecular weight excluding hydrogens is 441 g/mol. The van der Waals surface area contributed by atoms with Gasteiger partial charge in [0.25, 0.3) is 0 Å². The van der Waals surface area contributed by atoms with Crippen molar-refractivity contribution in [2.45, 2.75) is 71.1 Å². The Kier molecular flexibility index (Phi) is 7.70.